The predicted octanol–water partition coefficient (Wildman–Crippen LogP) is 2.81. The highest BCUT2D eigenvalue weighted by Crippen LogP contribution is 2.15. The van der Waals surface area contributed by atoms with E-state index in [2.05, 4.69) is 10.6 Å². The van der Waals surface area contributed by atoms with E-state index in [0.717, 1.165) is 12.1 Å². The summed E-state index contributed by atoms with van der Waals surface area (Å²) in [6.07, 6.45) is 0. The molecule has 2 N–H and O–H groups in total. The number of hydrogen-bond acceptors (Lipinski definition) is 3. The Hall–Kier alpha value is -3.42. The van der Waals surface area contributed by atoms with E-state index in [0.29, 0.717) is 11.4 Å². The molecule has 0 aliphatic carbocycles. The summed E-state index contributed by atoms with van der Waals surface area (Å²) < 4.78 is 29.2. The van der Waals surface area contributed by atoms with Crippen LogP contribution in [0.1, 0.15) is 5.69 Å². The Balaban J connectivity index is 1.76. The number of rotatable bonds is 5. The van der Waals surface area contributed by atoms with Gasteiger partial charge in [0, 0.05) is 18.8 Å². The van der Waals surface area contributed by atoms with Crippen LogP contribution in [0.4, 0.5) is 20.2 Å². The quantitative estimate of drug-likeness (QED) is 0.724. The number of benzene rings is 2. The number of aromatic nitrogens is 2. The van der Waals surface area contributed by atoms with E-state index in [1.165, 1.54) is 10.7 Å². The standard InChI is InChI=1S/C19H18F2N4O2/c1-12-18(19(27)25(24(12)2)14-6-4-3-5-7-14)23-17(26)11-22-13-8-9-15(20)16(21)10-13/h3-10,22H,11H2,1-2H3,(H,23,26). The van der Waals surface area contributed by atoms with Crippen LogP contribution in [0.15, 0.2) is 53.3 Å². The summed E-state index contributed by atoms with van der Waals surface area (Å²) in [5.74, 6) is -2.46. The van der Waals surface area contributed by atoms with Gasteiger partial charge in [0.1, 0.15) is 5.69 Å². The van der Waals surface area contributed by atoms with Crippen molar-refractivity contribution < 1.29 is 13.6 Å². The van der Waals surface area contributed by atoms with Crippen LogP contribution in [0, 0.1) is 18.6 Å². The number of halogens is 2. The Kier molecular flexibility index (Phi) is 5.07. The maximum Gasteiger partial charge on any atom is 0.295 e. The lowest BCUT2D eigenvalue weighted by molar-refractivity contribution is -0.114. The first-order valence-electron chi connectivity index (χ1n) is 8.21. The van der Waals surface area contributed by atoms with Gasteiger partial charge in [-0.25, -0.2) is 13.5 Å². The van der Waals surface area contributed by atoms with Crippen LogP contribution in [-0.2, 0) is 11.8 Å². The molecule has 2 aromatic carbocycles. The molecule has 0 bridgehead atoms. The molecule has 6 nitrogen and oxygen atoms in total. The second kappa shape index (κ2) is 7.45. The monoisotopic (exact) mass is 372 g/mol. The van der Waals surface area contributed by atoms with Gasteiger partial charge >= 0.3 is 0 Å². The van der Waals surface area contributed by atoms with E-state index in [-0.39, 0.29) is 23.5 Å². The summed E-state index contributed by atoms with van der Waals surface area (Å²) in [5.41, 5.74) is 1.33. The zero-order valence-corrected chi connectivity index (χ0v) is 14.8. The van der Waals surface area contributed by atoms with Crippen molar-refractivity contribution in [2.45, 2.75) is 6.92 Å². The van der Waals surface area contributed by atoms with Gasteiger partial charge in [-0.05, 0) is 31.2 Å². The van der Waals surface area contributed by atoms with Crippen molar-refractivity contribution in [2.24, 2.45) is 7.05 Å². The Morgan fingerprint density at radius 2 is 1.78 bits per heavy atom. The first-order valence-corrected chi connectivity index (χ1v) is 8.21. The minimum Gasteiger partial charge on any atom is -0.376 e. The van der Waals surface area contributed by atoms with Gasteiger partial charge in [-0.2, -0.15) is 0 Å². The maximum atomic E-state index is 13.2. The van der Waals surface area contributed by atoms with Gasteiger partial charge in [0.05, 0.1) is 17.9 Å². The van der Waals surface area contributed by atoms with E-state index in [4.69, 9.17) is 0 Å². The number of carbonyl (C=O) groups is 1. The van der Waals surface area contributed by atoms with Crippen LogP contribution in [0.3, 0.4) is 0 Å². The molecule has 0 fully saturated rings. The molecule has 1 heterocycles. The minimum atomic E-state index is -1.01. The highest BCUT2D eigenvalue weighted by Gasteiger charge is 2.18. The van der Waals surface area contributed by atoms with Gasteiger partial charge in [-0.15, -0.1) is 0 Å². The van der Waals surface area contributed by atoms with E-state index in [1.807, 2.05) is 18.2 Å². The summed E-state index contributed by atoms with van der Waals surface area (Å²) in [6.45, 7) is 1.52. The third-order valence-electron chi connectivity index (χ3n) is 4.19. The molecule has 3 aromatic rings. The Morgan fingerprint density at radius 1 is 1.07 bits per heavy atom. The van der Waals surface area contributed by atoms with Crippen LogP contribution in [0.25, 0.3) is 5.69 Å². The molecular weight excluding hydrogens is 354 g/mol. The highest BCUT2D eigenvalue weighted by molar-refractivity contribution is 5.94. The topological polar surface area (TPSA) is 68.1 Å². The van der Waals surface area contributed by atoms with Crippen LogP contribution in [-0.4, -0.2) is 21.8 Å². The van der Waals surface area contributed by atoms with Crippen molar-refractivity contribution in [1.82, 2.24) is 9.36 Å². The molecule has 8 heteroatoms. The average Bonchev–Trinajstić information content (AvgIpc) is 2.87. The minimum absolute atomic E-state index is 0.165. The summed E-state index contributed by atoms with van der Waals surface area (Å²) in [7, 11) is 1.72. The van der Waals surface area contributed by atoms with Crippen molar-refractivity contribution in [3.63, 3.8) is 0 Å². The summed E-state index contributed by atoms with van der Waals surface area (Å²) >= 11 is 0. The first kappa shape index (κ1) is 18.4. The molecule has 1 aromatic heterocycles. The fourth-order valence-corrected chi connectivity index (χ4v) is 2.68. The highest BCUT2D eigenvalue weighted by atomic mass is 19.2. The van der Waals surface area contributed by atoms with Crippen LogP contribution in [0.2, 0.25) is 0 Å². The molecule has 3 rings (SSSR count). The lowest BCUT2D eigenvalue weighted by Crippen LogP contribution is -2.26. The lowest BCUT2D eigenvalue weighted by atomic mass is 10.3. The SMILES string of the molecule is Cc1c(NC(=O)CNc2ccc(F)c(F)c2)c(=O)n(-c2ccccc2)n1C. The van der Waals surface area contributed by atoms with Gasteiger partial charge < -0.3 is 10.6 Å². The second-order valence-corrected chi connectivity index (χ2v) is 5.97. The van der Waals surface area contributed by atoms with Gasteiger partial charge in [-0.3, -0.25) is 14.3 Å². The van der Waals surface area contributed by atoms with Crippen LogP contribution < -0.4 is 16.2 Å². The Bertz CT molecular complexity index is 1040. The Labute approximate surface area is 154 Å². The molecule has 0 radical (unpaired) electrons. The number of nitrogens with one attached hydrogen (secondary N) is 2. The molecule has 0 unspecified atom stereocenters. The smallest absolute Gasteiger partial charge is 0.295 e. The molecular formula is C19H18F2N4O2. The van der Waals surface area contributed by atoms with Crippen molar-refractivity contribution in [2.75, 3.05) is 17.2 Å². The van der Waals surface area contributed by atoms with Gasteiger partial charge in [0.15, 0.2) is 11.6 Å². The zero-order chi connectivity index (χ0) is 19.6. The van der Waals surface area contributed by atoms with E-state index < -0.39 is 17.5 Å². The third kappa shape index (κ3) is 3.74. The van der Waals surface area contributed by atoms with Crippen LogP contribution >= 0.6 is 0 Å². The largest absolute Gasteiger partial charge is 0.376 e. The van der Waals surface area contributed by atoms with Crippen molar-refractivity contribution in [3.8, 4) is 5.69 Å². The van der Waals surface area contributed by atoms with Crippen molar-refractivity contribution >= 4 is 17.3 Å². The summed E-state index contributed by atoms with van der Waals surface area (Å²) in [5, 5.41) is 5.27. The Morgan fingerprint density at radius 3 is 2.44 bits per heavy atom. The molecule has 27 heavy (non-hydrogen) atoms. The molecule has 1 amide bonds. The number of nitrogens with zero attached hydrogens (tertiary/aromatic N) is 2. The summed E-state index contributed by atoms with van der Waals surface area (Å²) in [6, 6.07) is 12.3. The molecule has 0 saturated heterocycles. The van der Waals surface area contributed by atoms with Crippen molar-refractivity contribution in [1.29, 1.82) is 0 Å². The molecule has 0 spiro atoms. The fraction of sp³-hybridized carbons (Fsp3) is 0.158. The number of para-hydroxylation sites is 1. The number of hydrogen-bond donors (Lipinski definition) is 2. The maximum absolute atomic E-state index is 13.2. The number of carbonyl (C=O) groups excluding carboxylic acids is 1. The molecule has 140 valence electrons. The summed E-state index contributed by atoms with van der Waals surface area (Å²) in [4.78, 5) is 24.9. The van der Waals surface area contributed by atoms with E-state index in [1.54, 1.807) is 30.8 Å². The predicted molar refractivity (Wildman–Crippen MR) is 99.2 cm³/mol. The van der Waals surface area contributed by atoms with Crippen LogP contribution in [0.5, 0.6) is 0 Å². The molecule has 0 aliphatic rings. The molecule has 0 saturated carbocycles. The molecule has 0 aliphatic heterocycles. The normalized spacial score (nSPS) is 10.7. The van der Waals surface area contributed by atoms with Gasteiger partial charge in [-0.1, -0.05) is 18.2 Å². The van der Waals surface area contributed by atoms with E-state index in [9.17, 15) is 18.4 Å². The number of amides is 1. The second-order valence-electron chi connectivity index (χ2n) is 5.97. The van der Waals surface area contributed by atoms with Gasteiger partial charge in [0.25, 0.3) is 5.56 Å². The number of anilines is 2. The molecule has 0 atom stereocenters. The van der Waals surface area contributed by atoms with Crippen molar-refractivity contribution in [3.05, 3.63) is 76.2 Å². The fourth-order valence-electron chi connectivity index (χ4n) is 2.68. The first-order chi connectivity index (χ1) is 12.9. The third-order valence-corrected chi connectivity index (χ3v) is 4.19. The zero-order valence-electron chi connectivity index (χ0n) is 14.8. The van der Waals surface area contributed by atoms with E-state index >= 15 is 0 Å². The average molecular weight is 372 g/mol. The van der Waals surface area contributed by atoms with Gasteiger partial charge in [0.2, 0.25) is 5.91 Å². The lowest BCUT2D eigenvalue weighted by Gasteiger charge is -2.07.